The van der Waals surface area contributed by atoms with Gasteiger partial charge in [0.15, 0.2) is 0 Å². The molecule has 0 amide bonds. The number of hydrogen-bond acceptors (Lipinski definition) is 2. The molecule has 3 nitrogen and oxygen atoms in total. The van der Waals surface area contributed by atoms with E-state index in [0.29, 0.717) is 5.92 Å². The van der Waals surface area contributed by atoms with Crippen molar-refractivity contribution in [3.05, 3.63) is 84.8 Å². The molecule has 1 aromatic heterocycles. The van der Waals surface area contributed by atoms with Crippen LogP contribution >= 0.6 is 0 Å². The Morgan fingerprint density at radius 3 is 2.81 bits per heavy atom. The van der Waals surface area contributed by atoms with Crippen LogP contribution in [0, 0.1) is 5.92 Å². The number of hydrogen-bond donors (Lipinski definition) is 1. The zero-order chi connectivity index (χ0) is 18.6. The smallest absolute Gasteiger partial charge is 0.0519 e. The van der Waals surface area contributed by atoms with Crippen LogP contribution in [0.3, 0.4) is 0 Å². The molecule has 2 aromatic carbocycles. The minimum atomic E-state index is 0.491. The SMILES string of the molecule is C=C(c1ccc2ccccc2c1)C1CCCN(C(=C)CCc2cn[nH]c2)C1. The van der Waals surface area contributed by atoms with Crippen molar-refractivity contribution in [3.63, 3.8) is 0 Å². The van der Waals surface area contributed by atoms with Crippen LogP contribution in [0.2, 0.25) is 0 Å². The second kappa shape index (κ2) is 7.83. The maximum atomic E-state index is 4.47. The van der Waals surface area contributed by atoms with Crippen LogP contribution < -0.4 is 0 Å². The van der Waals surface area contributed by atoms with Crippen molar-refractivity contribution < 1.29 is 0 Å². The van der Waals surface area contributed by atoms with Gasteiger partial charge in [0.25, 0.3) is 0 Å². The summed E-state index contributed by atoms with van der Waals surface area (Å²) in [6.45, 7) is 10.9. The van der Waals surface area contributed by atoms with E-state index in [0.717, 1.165) is 25.9 Å². The second-order valence-corrected chi connectivity index (χ2v) is 7.55. The quantitative estimate of drug-likeness (QED) is 0.637. The number of aromatic nitrogens is 2. The van der Waals surface area contributed by atoms with E-state index in [4.69, 9.17) is 0 Å². The van der Waals surface area contributed by atoms with Crippen molar-refractivity contribution >= 4 is 16.3 Å². The lowest BCUT2D eigenvalue weighted by atomic mass is 9.86. The number of piperidine rings is 1. The first-order valence-corrected chi connectivity index (χ1v) is 9.79. The lowest BCUT2D eigenvalue weighted by Crippen LogP contribution is -2.35. The third kappa shape index (κ3) is 3.97. The van der Waals surface area contributed by atoms with Crippen molar-refractivity contribution in [1.29, 1.82) is 0 Å². The van der Waals surface area contributed by atoms with Gasteiger partial charge in [-0.1, -0.05) is 49.6 Å². The highest BCUT2D eigenvalue weighted by Gasteiger charge is 2.23. The lowest BCUT2D eigenvalue weighted by Gasteiger charge is -2.36. The summed E-state index contributed by atoms with van der Waals surface area (Å²) in [6.07, 6.45) is 8.23. The molecule has 0 radical (unpaired) electrons. The Hall–Kier alpha value is -2.81. The molecule has 1 atom stereocenters. The largest absolute Gasteiger partial charge is 0.375 e. The summed E-state index contributed by atoms with van der Waals surface area (Å²) in [5.41, 5.74) is 5.00. The Labute approximate surface area is 161 Å². The van der Waals surface area contributed by atoms with Crippen LogP contribution in [0.5, 0.6) is 0 Å². The molecule has 3 heteroatoms. The number of nitrogens with zero attached hydrogens (tertiary/aromatic N) is 2. The first kappa shape index (κ1) is 17.6. The summed E-state index contributed by atoms with van der Waals surface area (Å²) in [5, 5.41) is 9.47. The number of aromatic amines is 1. The summed E-state index contributed by atoms with van der Waals surface area (Å²) in [7, 11) is 0. The first-order chi connectivity index (χ1) is 13.2. The molecule has 27 heavy (non-hydrogen) atoms. The average molecular weight is 358 g/mol. The minimum absolute atomic E-state index is 0.491. The number of allylic oxidation sites excluding steroid dienone is 1. The molecule has 1 unspecified atom stereocenters. The molecule has 1 aliphatic heterocycles. The fourth-order valence-corrected chi connectivity index (χ4v) is 4.03. The van der Waals surface area contributed by atoms with Gasteiger partial charge in [-0.3, -0.25) is 5.10 Å². The summed E-state index contributed by atoms with van der Waals surface area (Å²) in [6, 6.07) is 15.2. The molecule has 1 aliphatic rings. The molecule has 3 aromatic rings. The van der Waals surface area contributed by atoms with Gasteiger partial charge >= 0.3 is 0 Å². The number of H-pyrrole nitrogens is 1. The Morgan fingerprint density at radius 2 is 2.00 bits per heavy atom. The average Bonchev–Trinajstić information content (AvgIpc) is 3.25. The van der Waals surface area contributed by atoms with E-state index in [9.17, 15) is 0 Å². The highest BCUT2D eigenvalue weighted by atomic mass is 15.1. The second-order valence-electron chi connectivity index (χ2n) is 7.55. The van der Waals surface area contributed by atoms with Crippen LogP contribution in [-0.2, 0) is 6.42 Å². The molecular weight excluding hydrogens is 330 g/mol. The van der Waals surface area contributed by atoms with Gasteiger partial charge in [0, 0.05) is 30.9 Å². The van der Waals surface area contributed by atoms with Crippen molar-refractivity contribution in [2.75, 3.05) is 13.1 Å². The maximum Gasteiger partial charge on any atom is 0.0519 e. The van der Waals surface area contributed by atoms with Gasteiger partial charge in [0.1, 0.15) is 0 Å². The first-order valence-electron chi connectivity index (χ1n) is 9.79. The van der Waals surface area contributed by atoms with E-state index < -0.39 is 0 Å². The normalized spacial score (nSPS) is 17.2. The maximum absolute atomic E-state index is 4.47. The summed E-state index contributed by atoms with van der Waals surface area (Å²) in [4.78, 5) is 2.46. The molecule has 2 heterocycles. The van der Waals surface area contributed by atoms with Crippen molar-refractivity contribution in [2.45, 2.75) is 25.7 Å². The van der Waals surface area contributed by atoms with E-state index >= 15 is 0 Å². The number of fused-ring (bicyclic) bond motifs is 1. The van der Waals surface area contributed by atoms with Crippen molar-refractivity contribution in [2.24, 2.45) is 5.92 Å². The Balaban J connectivity index is 1.42. The number of nitrogens with one attached hydrogen (secondary N) is 1. The van der Waals surface area contributed by atoms with Crippen LogP contribution in [0.1, 0.15) is 30.4 Å². The fourth-order valence-electron chi connectivity index (χ4n) is 4.03. The van der Waals surface area contributed by atoms with E-state index in [1.165, 1.54) is 46.0 Å². The molecule has 4 rings (SSSR count). The lowest BCUT2D eigenvalue weighted by molar-refractivity contribution is 0.244. The van der Waals surface area contributed by atoms with Gasteiger partial charge in [0.05, 0.1) is 6.20 Å². The molecule has 0 spiro atoms. The summed E-state index contributed by atoms with van der Waals surface area (Å²) in [5.74, 6) is 0.491. The van der Waals surface area contributed by atoms with Crippen LogP contribution in [0.4, 0.5) is 0 Å². The monoisotopic (exact) mass is 357 g/mol. The third-order valence-corrected chi connectivity index (χ3v) is 5.74. The summed E-state index contributed by atoms with van der Waals surface area (Å²) < 4.78 is 0. The third-order valence-electron chi connectivity index (χ3n) is 5.74. The van der Waals surface area contributed by atoms with Gasteiger partial charge < -0.3 is 4.90 Å². The molecule has 1 fully saturated rings. The molecule has 0 saturated carbocycles. The molecule has 138 valence electrons. The molecule has 0 aliphatic carbocycles. The Morgan fingerprint density at radius 1 is 1.15 bits per heavy atom. The molecule has 1 saturated heterocycles. The van der Waals surface area contributed by atoms with Crippen LogP contribution in [0.15, 0.2) is 73.7 Å². The topological polar surface area (TPSA) is 31.9 Å². The number of benzene rings is 2. The Bertz CT molecular complexity index is 939. The number of rotatable bonds is 6. The van der Waals surface area contributed by atoms with Crippen LogP contribution in [0.25, 0.3) is 16.3 Å². The van der Waals surface area contributed by atoms with E-state index in [1.807, 2.05) is 12.4 Å². The standard InChI is InChI=1S/C24H27N3/c1-18(9-10-20-15-25-26-16-20)27-13-5-8-24(17-27)19(2)22-12-11-21-6-3-4-7-23(21)14-22/h3-4,6-7,11-12,14-16,24H,1-2,5,8-10,13,17H2,(H,25,26). The predicted octanol–water partition coefficient (Wildman–Crippen LogP) is 5.43. The van der Waals surface area contributed by atoms with Crippen molar-refractivity contribution in [3.8, 4) is 0 Å². The Kier molecular flexibility index (Phi) is 5.10. The zero-order valence-electron chi connectivity index (χ0n) is 15.8. The predicted molar refractivity (Wildman–Crippen MR) is 113 cm³/mol. The van der Waals surface area contributed by atoms with Gasteiger partial charge in [0.2, 0.25) is 0 Å². The van der Waals surface area contributed by atoms with Crippen molar-refractivity contribution in [1.82, 2.24) is 15.1 Å². The van der Waals surface area contributed by atoms with E-state index in [2.05, 4.69) is 70.7 Å². The molecule has 1 N–H and O–H groups in total. The van der Waals surface area contributed by atoms with Crippen LogP contribution in [-0.4, -0.2) is 28.2 Å². The minimum Gasteiger partial charge on any atom is -0.375 e. The molecular formula is C24H27N3. The fraction of sp³-hybridized carbons (Fsp3) is 0.292. The van der Waals surface area contributed by atoms with E-state index in [1.54, 1.807) is 0 Å². The van der Waals surface area contributed by atoms with Gasteiger partial charge in [-0.25, -0.2) is 0 Å². The number of likely N-dealkylation sites (tertiary alicyclic amines) is 1. The van der Waals surface area contributed by atoms with Gasteiger partial charge in [-0.15, -0.1) is 0 Å². The highest BCUT2D eigenvalue weighted by Crippen LogP contribution is 2.32. The van der Waals surface area contributed by atoms with E-state index in [-0.39, 0.29) is 0 Å². The zero-order valence-corrected chi connectivity index (χ0v) is 15.8. The van der Waals surface area contributed by atoms with Gasteiger partial charge in [-0.2, -0.15) is 5.10 Å². The summed E-state index contributed by atoms with van der Waals surface area (Å²) >= 11 is 0. The highest BCUT2D eigenvalue weighted by molar-refractivity contribution is 5.86. The number of aryl methyl sites for hydroxylation is 1. The molecule has 0 bridgehead atoms. The van der Waals surface area contributed by atoms with Gasteiger partial charge in [-0.05, 0) is 59.2 Å².